The number of furan rings is 1. The van der Waals surface area contributed by atoms with Gasteiger partial charge in [0.15, 0.2) is 5.76 Å². The van der Waals surface area contributed by atoms with E-state index in [-0.39, 0.29) is 17.7 Å². The molecule has 0 spiro atoms. The number of carbonyl (C=O) groups is 2. The maximum atomic E-state index is 13.0. The number of carbonyl (C=O) groups excluding carboxylic acids is 2. The van der Waals surface area contributed by atoms with Crippen molar-refractivity contribution in [2.24, 2.45) is 5.92 Å². The summed E-state index contributed by atoms with van der Waals surface area (Å²) >= 11 is 0. The number of rotatable bonds is 3. The number of hydrogen-bond donors (Lipinski definition) is 0. The van der Waals surface area contributed by atoms with Crippen molar-refractivity contribution in [1.82, 2.24) is 14.7 Å². The molecule has 2 aliphatic rings. The van der Waals surface area contributed by atoms with E-state index in [0.29, 0.717) is 18.8 Å². The fourth-order valence-electron chi connectivity index (χ4n) is 4.08. The lowest BCUT2D eigenvalue weighted by Crippen LogP contribution is -2.51. The second kappa shape index (κ2) is 8.19. The number of nitrogens with zero attached hydrogens (tertiary/aromatic N) is 3. The minimum absolute atomic E-state index is 0.0256. The number of piperidine rings is 1. The quantitative estimate of drug-likeness (QED) is 0.820. The second-order valence-corrected chi connectivity index (χ2v) is 7.72. The van der Waals surface area contributed by atoms with E-state index < -0.39 is 0 Å². The van der Waals surface area contributed by atoms with Gasteiger partial charge < -0.3 is 19.1 Å². The molecule has 0 aliphatic carbocycles. The van der Waals surface area contributed by atoms with Crippen LogP contribution in [0.1, 0.15) is 23.4 Å². The normalized spacial score (nSPS) is 19.0. The van der Waals surface area contributed by atoms with Gasteiger partial charge in [-0.15, -0.1) is 0 Å². The fraction of sp³-hybridized carbons (Fsp3) is 0.455. The van der Waals surface area contributed by atoms with Crippen LogP contribution in [0, 0.1) is 5.92 Å². The largest absolute Gasteiger partial charge is 0.459 e. The lowest BCUT2D eigenvalue weighted by molar-refractivity contribution is -0.138. The highest BCUT2D eigenvalue weighted by molar-refractivity contribution is 5.98. The van der Waals surface area contributed by atoms with Gasteiger partial charge in [0.05, 0.1) is 6.26 Å². The minimum Gasteiger partial charge on any atom is -0.459 e. The van der Waals surface area contributed by atoms with Crippen molar-refractivity contribution < 1.29 is 14.0 Å². The molecule has 1 aromatic heterocycles. The van der Waals surface area contributed by atoms with E-state index in [1.54, 1.807) is 6.26 Å². The van der Waals surface area contributed by atoms with Crippen LogP contribution in [0.25, 0.3) is 11.1 Å². The van der Waals surface area contributed by atoms with E-state index in [0.717, 1.165) is 50.1 Å². The van der Waals surface area contributed by atoms with Crippen LogP contribution in [0.5, 0.6) is 0 Å². The van der Waals surface area contributed by atoms with Gasteiger partial charge in [0.25, 0.3) is 5.91 Å². The lowest BCUT2D eigenvalue weighted by Gasteiger charge is -2.37. The van der Waals surface area contributed by atoms with Gasteiger partial charge >= 0.3 is 0 Å². The number of amides is 2. The monoisotopic (exact) mass is 381 g/mol. The van der Waals surface area contributed by atoms with Gasteiger partial charge in [-0.05, 0) is 31.5 Å². The zero-order valence-electron chi connectivity index (χ0n) is 16.3. The third-order valence-corrected chi connectivity index (χ3v) is 5.89. The third-order valence-electron chi connectivity index (χ3n) is 5.89. The molecule has 2 aliphatic heterocycles. The fourth-order valence-corrected chi connectivity index (χ4v) is 4.08. The van der Waals surface area contributed by atoms with Crippen LogP contribution in [-0.4, -0.2) is 72.8 Å². The molecule has 4 rings (SSSR count). The van der Waals surface area contributed by atoms with Gasteiger partial charge in [0, 0.05) is 50.7 Å². The van der Waals surface area contributed by atoms with E-state index in [1.165, 1.54) is 0 Å². The molecule has 0 bridgehead atoms. The first-order valence-corrected chi connectivity index (χ1v) is 10.0. The van der Waals surface area contributed by atoms with Crippen LogP contribution in [-0.2, 0) is 4.79 Å². The molecule has 6 heteroatoms. The lowest BCUT2D eigenvalue weighted by atomic mass is 9.94. The molecule has 2 amide bonds. The van der Waals surface area contributed by atoms with Crippen LogP contribution in [0.15, 0.2) is 47.1 Å². The Morgan fingerprint density at radius 2 is 1.57 bits per heavy atom. The van der Waals surface area contributed by atoms with Gasteiger partial charge in [0.1, 0.15) is 0 Å². The maximum Gasteiger partial charge on any atom is 0.290 e. The Morgan fingerprint density at radius 3 is 2.25 bits per heavy atom. The number of piperazine rings is 1. The van der Waals surface area contributed by atoms with Crippen molar-refractivity contribution in [3.63, 3.8) is 0 Å². The van der Waals surface area contributed by atoms with Gasteiger partial charge in [-0.2, -0.15) is 0 Å². The summed E-state index contributed by atoms with van der Waals surface area (Å²) in [7, 11) is 2.09. The van der Waals surface area contributed by atoms with E-state index in [9.17, 15) is 9.59 Å². The second-order valence-electron chi connectivity index (χ2n) is 7.72. The molecule has 0 atom stereocenters. The number of benzene rings is 1. The molecule has 2 fully saturated rings. The summed E-state index contributed by atoms with van der Waals surface area (Å²) in [5.74, 6) is 0.574. The van der Waals surface area contributed by atoms with Crippen molar-refractivity contribution >= 4 is 11.8 Å². The van der Waals surface area contributed by atoms with Gasteiger partial charge in [0.2, 0.25) is 5.91 Å². The summed E-state index contributed by atoms with van der Waals surface area (Å²) in [6, 6.07) is 11.6. The van der Waals surface area contributed by atoms with Gasteiger partial charge in [-0.1, -0.05) is 30.3 Å². The summed E-state index contributed by atoms with van der Waals surface area (Å²) in [6.07, 6.45) is 3.01. The Kier molecular flexibility index (Phi) is 5.48. The standard InChI is InChI=1S/C22H27N3O3/c1-23-12-14-25(15-13-23)21(26)18-7-10-24(11-8-18)22(27)20-19(9-16-28-20)17-5-3-2-4-6-17/h2-6,9,16,18H,7-8,10-15H2,1H3. The summed E-state index contributed by atoms with van der Waals surface area (Å²) in [5.41, 5.74) is 1.79. The summed E-state index contributed by atoms with van der Waals surface area (Å²) in [4.78, 5) is 31.8. The smallest absolute Gasteiger partial charge is 0.290 e. The van der Waals surface area contributed by atoms with Crippen molar-refractivity contribution in [2.75, 3.05) is 46.3 Å². The SMILES string of the molecule is CN1CCN(C(=O)C2CCN(C(=O)c3occc3-c3ccccc3)CC2)CC1. The van der Waals surface area contributed by atoms with Crippen molar-refractivity contribution in [3.05, 3.63) is 48.4 Å². The van der Waals surface area contributed by atoms with Crippen LogP contribution < -0.4 is 0 Å². The zero-order chi connectivity index (χ0) is 19.5. The summed E-state index contributed by atoms with van der Waals surface area (Å²) in [6.45, 7) is 4.67. The van der Waals surface area contributed by atoms with Crippen LogP contribution >= 0.6 is 0 Å². The number of likely N-dealkylation sites (tertiary alicyclic amines) is 1. The van der Waals surface area contributed by atoms with Crippen LogP contribution in [0.4, 0.5) is 0 Å². The maximum absolute atomic E-state index is 13.0. The highest BCUT2D eigenvalue weighted by Crippen LogP contribution is 2.28. The Bertz CT molecular complexity index is 817. The van der Waals surface area contributed by atoms with E-state index in [1.807, 2.05) is 46.2 Å². The molecule has 6 nitrogen and oxygen atoms in total. The first-order chi connectivity index (χ1) is 13.6. The molecule has 0 radical (unpaired) electrons. The van der Waals surface area contributed by atoms with Crippen LogP contribution in [0.3, 0.4) is 0 Å². The molecular formula is C22H27N3O3. The molecule has 28 heavy (non-hydrogen) atoms. The Hall–Kier alpha value is -2.60. The molecule has 0 saturated carbocycles. The molecule has 148 valence electrons. The molecular weight excluding hydrogens is 354 g/mol. The van der Waals surface area contributed by atoms with E-state index >= 15 is 0 Å². The van der Waals surface area contributed by atoms with Gasteiger partial charge in [-0.3, -0.25) is 9.59 Å². The van der Waals surface area contributed by atoms with E-state index in [4.69, 9.17) is 4.42 Å². The predicted molar refractivity (Wildman–Crippen MR) is 107 cm³/mol. The molecule has 0 unspecified atom stereocenters. The third kappa shape index (κ3) is 3.83. The number of hydrogen-bond acceptors (Lipinski definition) is 4. The first kappa shape index (κ1) is 18.7. The van der Waals surface area contributed by atoms with Crippen molar-refractivity contribution in [1.29, 1.82) is 0 Å². The molecule has 0 N–H and O–H groups in total. The minimum atomic E-state index is -0.0886. The zero-order valence-corrected chi connectivity index (χ0v) is 16.3. The first-order valence-electron chi connectivity index (χ1n) is 10.0. The average molecular weight is 381 g/mol. The van der Waals surface area contributed by atoms with Crippen molar-refractivity contribution in [2.45, 2.75) is 12.8 Å². The molecule has 2 saturated heterocycles. The Morgan fingerprint density at radius 1 is 0.893 bits per heavy atom. The molecule has 1 aromatic carbocycles. The molecule has 2 aromatic rings. The topological polar surface area (TPSA) is 57.0 Å². The summed E-state index contributed by atoms with van der Waals surface area (Å²) < 4.78 is 5.54. The van der Waals surface area contributed by atoms with E-state index in [2.05, 4.69) is 11.9 Å². The summed E-state index contributed by atoms with van der Waals surface area (Å²) in [5, 5.41) is 0. The van der Waals surface area contributed by atoms with Crippen LogP contribution in [0.2, 0.25) is 0 Å². The highest BCUT2D eigenvalue weighted by atomic mass is 16.3. The Labute approximate surface area is 165 Å². The van der Waals surface area contributed by atoms with Gasteiger partial charge in [-0.25, -0.2) is 0 Å². The highest BCUT2D eigenvalue weighted by Gasteiger charge is 2.32. The Balaban J connectivity index is 1.37. The molecule has 3 heterocycles. The predicted octanol–water partition coefficient (Wildman–Crippen LogP) is 2.57. The van der Waals surface area contributed by atoms with Crippen molar-refractivity contribution in [3.8, 4) is 11.1 Å². The number of likely N-dealkylation sites (N-methyl/N-ethyl adjacent to an activating group) is 1. The average Bonchev–Trinajstić information content (AvgIpc) is 3.24.